The standard InChI is InChI=1S/C13H5Br2F3NS/c14-6-1-2-9-10(4-6)20-11-5-7(15)3-8(12(11)19-9)13(16,17)18/h1-5H/q+1. The summed E-state index contributed by atoms with van der Waals surface area (Å²) >= 11 is 7.76. The average Bonchev–Trinajstić information content (AvgIpc) is 2.34. The number of fused-ring (bicyclic) bond motifs is 2. The van der Waals surface area contributed by atoms with E-state index in [0.717, 1.165) is 15.2 Å². The van der Waals surface area contributed by atoms with E-state index < -0.39 is 11.7 Å². The van der Waals surface area contributed by atoms with Gasteiger partial charge in [0.05, 0.1) is 5.56 Å². The summed E-state index contributed by atoms with van der Waals surface area (Å²) in [4.78, 5) is 4.18. The molecule has 0 spiro atoms. The normalized spacial score (nSPS) is 12.2. The van der Waals surface area contributed by atoms with Crippen LogP contribution in [0.1, 0.15) is 5.56 Å². The molecule has 0 aliphatic heterocycles. The lowest BCUT2D eigenvalue weighted by atomic mass is 10.2. The molecule has 1 heterocycles. The van der Waals surface area contributed by atoms with Crippen molar-refractivity contribution in [2.24, 2.45) is 0 Å². The average molecular weight is 424 g/mol. The maximum Gasteiger partial charge on any atom is 0.418 e. The molecule has 0 radical (unpaired) electrons. The van der Waals surface area contributed by atoms with E-state index in [1.54, 1.807) is 18.2 Å². The predicted octanol–water partition coefficient (Wildman–Crippen LogP) is 6.27. The summed E-state index contributed by atoms with van der Waals surface area (Å²) in [5.41, 5.74) is -0.179. The Bertz CT molecular complexity index is 833. The van der Waals surface area contributed by atoms with Crippen molar-refractivity contribution in [3.63, 3.8) is 0 Å². The molecule has 0 N–H and O–H groups in total. The SMILES string of the molecule is FC(F)(F)c1cc(Br)cc2[s+]c3cc(Br)ccc3nc12. The monoisotopic (exact) mass is 422 g/mol. The lowest BCUT2D eigenvalue weighted by molar-refractivity contribution is -0.136. The summed E-state index contributed by atoms with van der Waals surface area (Å²) < 4.78 is 41.9. The fourth-order valence-corrected chi connectivity index (χ4v) is 4.09. The second-order valence-electron chi connectivity index (χ2n) is 4.12. The predicted molar refractivity (Wildman–Crippen MR) is 81.9 cm³/mol. The van der Waals surface area contributed by atoms with E-state index in [2.05, 4.69) is 36.8 Å². The highest BCUT2D eigenvalue weighted by atomic mass is 79.9. The van der Waals surface area contributed by atoms with Crippen molar-refractivity contribution in [3.05, 3.63) is 44.8 Å². The molecule has 0 saturated carbocycles. The highest BCUT2D eigenvalue weighted by Crippen LogP contribution is 2.39. The summed E-state index contributed by atoms with van der Waals surface area (Å²) in [6.45, 7) is 0. The van der Waals surface area contributed by atoms with Crippen LogP contribution in [0.15, 0.2) is 39.3 Å². The lowest BCUT2D eigenvalue weighted by Gasteiger charge is -2.07. The molecule has 3 rings (SSSR count). The summed E-state index contributed by atoms with van der Waals surface area (Å²) in [6.07, 6.45) is -4.43. The van der Waals surface area contributed by atoms with Gasteiger partial charge in [-0.15, -0.1) is 0 Å². The van der Waals surface area contributed by atoms with Crippen LogP contribution in [-0.2, 0) is 6.18 Å². The zero-order valence-corrected chi connectivity index (χ0v) is 13.6. The van der Waals surface area contributed by atoms with Gasteiger partial charge in [-0.3, -0.25) is 0 Å². The van der Waals surface area contributed by atoms with Gasteiger partial charge in [-0.05, 0) is 18.2 Å². The Morgan fingerprint density at radius 1 is 0.950 bits per heavy atom. The number of nitrogens with zero attached hydrogens (tertiary/aromatic N) is 1. The number of hydrogen-bond acceptors (Lipinski definition) is 1. The van der Waals surface area contributed by atoms with Crippen LogP contribution >= 0.6 is 43.2 Å². The van der Waals surface area contributed by atoms with Crippen molar-refractivity contribution in [3.8, 4) is 0 Å². The van der Waals surface area contributed by atoms with Gasteiger partial charge in [0.25, 0.3) is 9.40 Å². The molecule has 0 amide bonds. The minimum atomic E-state index is -4.43. The molecule has 0 aliphatic rings. The molecule has 20 heavy (non-hydrogen) atoms. The number of aromatic nitrogens is 1. The molecule has 1 aromatic heterocycles. The Labute approximate surface area is 132 Å². The van der Waals surface area contributed by atoms with E-state index in [1.807, 2.05) is 6.07 Å². The van der Waals surface area contributed by atoms with Gasteiger partial charge >= 0.3 is 6.18 Å². The first kappa shape index (κ1) is 14.2. The minimum Gasteiger partial charge on any atom is -0.236 e. The molecule has 1 nitrogen and oxygen atoms in total. The third-order valence-electron chi connectivity index (χ3n) is 2.72. The molecule has 0 aliphatic carbocycles. The molecule has 0 fully saturated rings. The van der Waals surface area contributed by atoms with Crippen molar-refractivity contribution in [2.45, 2.75) is 6.18 Å². The highest BCUT2D eigenvalue weighted by molar-refractivity contribution is 9.10. The Morgan fingerprint density at radius 3 is 2.35 bits per heavy atom. The van der Waals surface area contributed by atoms with Gasteiger partial charge in [0, 0.05) is 21.1 Å². The van der Waals surface area contributed by atoms with Crippen LogP contribution in [0.4, 0.5) is 13.2 Å². The lowest BCUT2D eigenvalue weighted by Crippen LogP contribution is -2.06. The second kappa shape index (κ2) is 4.89. The van der Waals surface area contributed by atoms with Crippen LogP contribution < -0.4 is 0 Å². The van der Waals surface area contributed by atoms with Gasteiger partial charge in [0.2, 0.25) is 11.3 Å². The van der Waals surface area contributed by atoms with Crippen LogP contribution in [0.5, 0.6) is 0 Å². The highest BCUT2D eigenvalue weighted by Gasteiger charge is 2.35. The van der Waals surface area contributed by atoms with Gasteiger partial charge in [0.1, 0.15) is 11.0 Å². The number of hydrogen-bond donors (Lipinski definition) is 0. The number of benzene rings is 2. The van der Waals surface area contributed by atoms with E-state index in [0.29, 0.717) is 14.7 Å². The third-order valence-corrected chi connectivity index (χ3v) is 4.75. The molecule has 0 unspecified atom stereocenters. The van der Waals surface area contributed by atoms with Crippen LogP contribution in [0.25, 0.3) is 20.4 Å². The summed E-state index contributed by atoms with van der Waals surface area (Å²) in [5, 5.41) is 0. The first-order valence-electron chi connectivity index (χ1n) is 5.44. The summed E-state index contributed by atoms with van der Waals surface area (Å²) in [7, 11) is 0. The molecular weight excluding hydrogens is 419 g/mol. The number of rotatable bonds is 0. The third kappa shape index (κ3) is 2.54. The largest absolute Gasteiger partial charge is 0.418 e. The fourth-order valence-electron chi connectivity index (χ4n) is 1.88. The van der Waals surface area contributed by atoms with E-state index >= 15 is 0 Å². The molecule has 0 saturated heterocycles. The summed E-state index contributed by atoms with van der Waals surface area (Å²) in [5.74, 6) is 0. The minimum absolute atomic E-state index is 0.0134. The van der Waals surface area contributed by atoms with Crippen molar-refractivity contribution in [2.75, 3.05) is 0 Å². The van der Waals surface area contributed by atoms with E-state index in [9.17, 15) is 13.2 Å². The molecular formula is C13H5Br2F3NS+. The van der Waals surface area contributed by atoms with E-state index in [1.165, 1.54) is 11.3 Å². The van der Waals surface area contributed by atoms with Gasteiger partial charge in [-0.2, -0.15) is 13.2 Å². The number of alkyl halides is 3. The maximum absolute atomic E-state index is 13.1. The number of halogens is 5. The smallest absolute Gasteiger partial charge is 0.236 e. The van der Waals surface area contributed by atoms with Crippen molar-refractivity contribution in [1.29, 1.82) is 0 Å². The summed E-state index contributed by atoms with van der Waals surface area (Å²) in [6, 6.07) is 8.04. The first-order chi connectivity index (χ1) is 9.34. The zero-order chi connectivity index (χ0) is 14.5. The van der Waals surface area contributed by atoms with Crippen LogP contribution in [0.2, 0.25) is 0 Å². The Hall–Kier alpha value is -0.790. The van der Waals surface area contributed by atoms with E-state index in [-0.39, 0.29) is 5.52 Å². The molecule has 0 bridgehead atoms. The van der Waals surface area contributed by atoms with E-state index in [4.69, 9.17) is 0 Å². The molecule has 3 aromatic rings. The van der Waals surface area contributed by atoms with Crippen LogP contribution in [0, 0.1) is 0 Å². The Morgan fingerprint density at radius 2 is 1.65 bits per heavy atom. The maximum atomic E-state index is 13.1. The van der Waals surface area contributed by atoms with Crippen LogP contribution in [-0.4, -0.2) is 4.98 Å². The van der Waals surface area contributed by atoms with Crippen molar-refractivity contribution < 1.29 is 13.2 Å². The fraction of sp³-hybridized carbons (Fsp3) is 0.0769. The van der Waals surface area contributed by atoms with Crippen molar-refractivity contribution in [1.82, 2.24) is 4.98 Å². The van der Waals surface area contributed by atoms with Gasteiger partial charge in [0.15, 0.2) is 0 Å². The van der Waals surface area contributed by atoms with Crippen molar-refractivity contribution >= 4 is 63.6 Å². The zero-order valence-electron chi connectivity index (χ0n) is 9.63. The molecule has 2 aromatic carbocycles. The molecule has 0 atom stereocenters. The quantitative estimate of drug-likeness (QED) is 0.306. The van der Waals surface area contributed by atoms with Gasteiger partial charge in [-0.25, -0.2) is 4.98 Å². The van der Waals surface area contributed by atoms with Crippen LogP contribution in [0.3, 0.4) is 0 Å². The Kier molecular flexibility index (Phi) is 3.46. The molecule has 102 valence electrons. The second-order valence-corrected chi connectivity index (χ2v) is 7.04. The van der Waals surface area contributed by atoms with Gasteiger partial charge < -0.3 is 0 Å². The Balaban J connectivity index is 2.45. The topological polar surface area (TPSA) is 12.9 Å². The molecule has 7 heteroatoms. The van der Waals surface area contributed by atoms with Gasteiger partial charge in [-0.1, -0.05) is 31.9 Å². The first-order valence-corrected chi connectivity index (χ1v) is 7.85.